The fourth-order valence-corrected chi connectivity index (χ4v) is 4.37. The number of amides is 1. The number of piperidine rings is 1. The Labute approximate surface area is 152 Å². The van der Waals surface area contributed by atoms with E-state index in [9.17, 15) is 9.59 Å². The lowest BCUT2D eigenvalue weighted by Crippen LogP contribution is -2.40. The molecule has 0 bridgehead atoms. The van der Waals surface area contributed by atoms with Gasteiger partial charge in [0.2, 0.25) is 5.91 Å². The van der Waals surface area contributed by atoms with Gasteiger partial charge < -0.3 is 4.90 Å². The van der Waals surface area contributed by atoms with Crippen LogP contribution in [-0.4, -0.2) is 38.9 Å². The molecule has 0 spiro atoms. The second-order valence-electron chi connectivity index (χ2n) is 5.88. The SMILES string of the molecule is O=C(C=Cc1cccs1)N1CCC(n2nnc3ccsc3c2=O)CC1. The van der Waals surface area contributed by atoms with Crippen molar-refractivity contribution >= 4 is 44.9 Å². The third-order valence-electron chi connectivity index (χ3n) is 4.35. The maximum atomic E-state index is 12.5. The zero-order valence-corrected chi connectivity index (χ0v) is 15.0. The molecule has 3 aromatic heterocycles. The normalized spacial score (nSPS) is 16.1. The van der Waals surface area contributed by atoms with Gasteiger partial charge in [0.1, 0.15) is 10.2 Å². The summed E-state index contributed by atoms with van der Waals surface area (Å²) >= 11 is 3.00. The van der Waals surface area contributed by atoms with Crippen molar-refractivity contribution < 1.29 is 4.79 Å². The van der Waals surface area contributed by atoms with Gasteiger partial charge in [-0.3, -0.25) is 9.59 Å². The van der Waals surface area contributed by atoms with Crippen molar-refractivity contribution in [2.45, 2.75) is 18.9 Å². The Bertz CT molecular complexity index is 966. The van der Waals surface area contributed by atoms with Gasteiger partial charge in [0.05, 0.1) is 6.04 Å². The lowest BCUT2D eigenvalue weighted by Gasteiger charge is -2.31. The van der Waals surface area contributed by atoms with E-state index in [1.54, 1.807) is 23.5 Å². The molecule has 0 unspecified atom stereocenters. The third-order valence-corrected chi connectivity index (χ3v) is 6.08. The topological polar surface area (TPSA) is 68.1 Å². The summed E-state index contributed by atoms with van der Waals surface area (Å²) in [5.41, 5.74) is 0.569. The smallest absolute Gasteiger partial charge is 0.287 e. The minimum atomic E-state index is -0.0811. The van der Waals surface area contributed by atoms with E-state index >= 15 is 0 Å². The minimum Gasteiger partial charge on any atom is -0.339 e. The van der Waals surface area contributed by atoms with Crippen LogP contribution in [0.4, 0.5) is 0 Å². The highest BCUT2D eigenvalue weighted by Crippen LogP contribution is 2.22. The summed E-state index contributed by atoms with van der Waals surface area (Å²) in [5, 5.41) is 12.0. The van der Waals surface area contributed by atoms with Crippen molar-refractivity contribution in [3.63, 3.8) is 0 Å². The molecule has 25 heavy (non-hydrogen) atoms. The van der Waals surface area contributed by atoms with E-state index in [2.05, 4.69) is 10.3 Å². The molecule has 0 atom stereocenters. The summed E-state index contributed by atoms with van der Waals surface area (Å²) in [5.74, 6) is 0.0130. The fraction of sp³-hybridized carbons (Fsp3) is 0.294. The second-order valence-corrected chi connectivity index (χ2v) is 7.77. The van der Waals surface area contributed by atoms with Crippen LogP contribution in [0.5, 0.6) is 0 Å². The maximum Gasteiger partial charge on any atom is 0.287 e. The van der Waals surface area contributed by atoms with Crippen molar-refractivity contribution in [2.24, 2.45) is 0 Å². The molecule has 1 fully saturated rings. The Morgan fingerprint density at radius 1 is 1.20 bits per heavy atom. The van der Waals surface area contributed by atoms with E-state index in [0.29, 0.717) is 36.1 Å². The molecule has 4 heterocycles. The molecule has 1 saturated heterocycles. The molecule has 1 aliphatic heterocycles. The first kappa shape index (κ1) is 16.2. The number of fused-ring (bicyclic) bond motifs is 1. The second kappa shape index (κ2) is 6.89. The van der Waals surface area contributed by atoms with Crippen molar-refractivity contribution in [3.8, 4) is 0 Å². The first-order valence-electron chi connectivity index (χ1n) is 8.05. The van der Waals surface area contributed by atoms with Crippen LogP contribution in [0.2, 0.25) is 0 Å². The predicted octanol–water partition coefficient (Wildman–Crippen LogP) is 2.79. The number of carbonyl (C=O) groups excluding carboxylic acids is 1. The van der Waals surface area contributed by atoms with Crippen LogP contribution in [0, 0.1) is 0 Å². The van der Waals surface area contributed by atoms with Crippen LogP contribution in [0.15, 0.2) is 39.8 Å². The number of carbonyl (C=O) groups is 1. The zero-order valence-electron chi connectivity index (χ0n) is 13.4. The molecule has 0 N–H and O–H groups in total. The van der Waals surface area contributed by atoms with Crippen molar-refractivity contribution in [3.05, 3.63) is 50.3 Å². The predicted molar refractivity (Wildman–Crippen MR) is 99.9 cm³/mol. The molecule has 4 rings (SSSR count). The first-order chi connectivity index (χ1) is 12.2. The molecule has 1 amide bonds. The number of rotatable bonds is 3. The van der Waals surface area contributed by atoms with E-state index < -0.39 is 0 Å². The van der Waals surface area contributed by atoms with Gasteiger partial charge in [-0.25, -0.2) is 4.68 Å². The summed E-state index contributed by atoms with van der Waals surface area (Å²) in [4.78, 5) is 27.7. The number of hydrogen-bond acceptors (Lipinski definition) is 6. The molecule has 6 nitrogen and oxygen atoms in total. The summed E-state index contributed by atoms with van der Waals surface area (Å²) < 4.78 is 2.13. The van der Waals surface area contributed by atoms with Crippen LogP contribution in [0.1, 0.15) is 23.8 Å². The maximum absolute atomic E-state index is 12.5. The fourth-order valence-electron chi connectivity index (χ4n) is 3.00. The third kappa shape index (κ3) is 3.27. The number of aromatic nitrogens is 3. The standard InChI is InChI=1S/C17H16N4O2S2/c22-15(4-3-13-2-1-10-24-13)20-8-5-12(6-9-20)21-17(23)16-14(18-19-21)7-11-25-16/h1-4,7,10-12H,5-6,8-9H2. The lowest BCUT2D eigenvalue weighted by molar-refractivity contribution is -0.127. The molecule has 3 aromatic rings. The van der Waals surface area contributed by atoms with Gasteiger partial charge in [-0.2, -0.15) is 0 Å². The van der Waals surface area contributed by atoms with Crippen molar-refractivity contribution in [1.29, 1.82) is 0 Å². The van der Waals surface area contributed by atoms with Crippen molar-refractivity contribution in [1.82, 2.24) is 19.9 Å². The quantitative estimate of drug-likeness (QED) is 0.663. The van der Waals surface area contributed by atoms with Crippen LogP contribution < -0.4 is 5.56 Å². The number of likely N-dealkylation sites (tertiary alicyclic amines) is 1. The highest BCUT2D eigenvalue weighted by molar-refractivity contribution is 7.17. The van der Waals surface area contributed by atoms with Crippen LogP contribution >= 0.6 is 22.7 Å². The van der Waals surface area contributed by atoms with Gasteiger partial charge in [0, 0.05) is 24.0 Å². The molecule has 0 saturated carbocycles. The average Bonchev–Trinajstić information content (AvgIpc) is 3.32. The lowest BCUT2D eigenvalue weighted by atomic mass is 10.1. The molecular formula is C17H16N4O2S2. The Morgan fingerprint density at radius 2 is 2.04 bits per heavy atom. The Hall–Kier alpha value is -2.32. The Balaban J connectivity index is 1.43. The van der Waals surface area contributed by atoms with Gasteiger partial charge in [-0.05, 0) is 41.8 Å². The summed E-state index contributed by atoms with van der Waals surface area (Å²) in [7, 11) is 0. The summed E-state index contributed by atoms with van der Waals surface area (Å²) in [6.07, 6.45) is 4.89. The first-order valence-corrected chi connectivity index (χ1v) is 9.81. The molecule has 0 aliphatic carbocycles. The molecule has 0 aromatic carbocycles. The van der Waals surface area contributed by atoms with E-state index in [1.165, 1.54) is 16.0 Å². The minimum absolute atomic E-state index is 0.00294. The van der Waals surface area contributed by atoms with E-state index in [1.807, 2.05) is 33.9 Å². The van der Waals surface area contributed by atoms with Gasteiger partial charge in [0.25, 0.3) is 5.56 Å². The van der Waals surface area contributed by atoms with E-state index in [-0.39, 0.29) is 17.5 Å². The molecular weight excluding hydrogens is 356 g/mol. The average molecular weight is 372 g/mol. The van der Waals surface area contributed by atoms with Gasteiger partial charge >= 0.3 is 0 Å². The molecule has 128 valence electrons. The molecule has 1 aliphatic rings. The van der Waals surface area contributed by atoms with Crippen LogP contribution in [-0.2, 0) is 4.79 Å². The largest absolute Gasteiger partial charge is 0.339 e. The summed E-state index contributed by atoms with van der Waals surface area (Å²) in [6, 6.07) is 5.74. The number of hydrogen-bond donors (Lipinski definition) is 0. The monoisotopic (exact) mass is 372 g/mol. The highest BCUT2D eigenvalue weighted by Gasteiger charge is 2.25. The van der Waals surface area contributed by atoms with Gasteiger partial charge in [0.15, 0.2) is 0 Å². The van der Waals surface area contributed by atoms with Crippen LogP contribution in [0.25, 0.3) is 16.3 Å². The van der Waals surface area contributed by atoms with Crippen molar-refractivity contribution in [2.75, 3.05) is 13.1 Å². The highest BCUT2D eigenvalue weighted by atomic mass is 32.1. The Kier molecular flexibility index (Phi) is 4.46. The van der Waals surface area contributed by atoms with Gasteiger partial charge in [-0.1, -0.05) is 11.3 Å². The molecule has 8 heteroatoms. The zero-order chi connectivity index (χ0) is 17.2. The number of thiophene rings is 2. The van der Waals surface area contributed by atoms with Gasteiger partial charge in [-0.15, -0.1) is 27.8 Å². The van der Waals surface area contributed by atoms with E-state index in [4.69, 9.17) is 0 Å². The Morgan fingerprint density at radius 3 is 2.80 bits per heavy atom. The van der Waals surface area contributed by atoms with E-state index in [0.717, 1.165) is 4.88 Å². The number of nitrogens with zero attached hydrogens (tertiary/aromatic N) is 4. The van der Waals surface area contributed by atoms with Crippen LogP contribution in [0.3, 0.4) is 0 Å². The molecule has 0 radical (unpaired) electrons. The summed E-state index contributed by atoms with van der Waals surface area (Å²) in [6.45, 7) is 1.24.